The molecule has 1 N–H and O–H groups in total. The minimum absolute atomic E-state index is 0.0755. The number of fused-ring (bicyclic) bond motifs is 4. The van der Waals surface area contributed by atoms with Crippen LogP contribution in [0.2, 0.25) is 0 Å². The van der Waals surface area contributed by atoms with Gasteiger partial charge in [0.05, 0.1) is 5.41 Å². The van der Waals surface area contributed by atoms with Crippen molar-refractivity contribution in [1.29, 1.82) is 0 Å². The molecule has 3 aliphatic heterocycles. The summed E-state index contributed by atoms with van der Waals surface area (Å²) in [6, 6.07) is 12.9. The summed E-state index contributed by atoms with van der Waals surface area (Å²) in [6.07, 6.45) is 5.32. The summed E-state index contributed by atoms with van der Waals surface area (Å²) in [5, 5.41) is 3.21. The summed E-state index contributed by atoms with van der Waals surface area (Å²) in [5.74, 6) is 1.57. The van der Waals surface area contributed by atoms with Crippen molar-refractivity contribution in [3.63, 3.8) is 0 Å². The summed E-state index contributed by atoms with van der Waals surface area (Å²) in [7, 11) is 0. The lowest BCUT2D eigenvalue weighted by Crippen LogP contribution is -2.40. The fourth-order valence-electron chi connectivity index (χ4n) is 5.49. The molecule has 0 bridgehead atoms. The lowest BCUT2D eigenvalue weighted by Gasteiger charge is -2.34. The van der Waals surface area contributed by atoms with Crippen LogP contribution in [0, 0.1) is 0 Å². The number of ether oxygens (including phenoxy) is 2. The van der Waals surface area contributed by atoms with Crippen LogP contribution in [0.4, 0.5) is 11.4 Å². The Morgan fingerprint density at radius 2 is 1.90 bits per heavy atom. The zero-order valence-corrected chi connectivity index (χ0v) is 17.0. The van der Waals surface area contributed by atoms with Gasteiger partial charge in [-0.1, -0.05) is 12.1 Å². The zero-order chi connectivity index (χ0) is 19.8. The highest BCUT2D eigenvalue weighted by molar-refractivity contribution is 6.02. The quantitative estimate of drug-likeness (QED) is 0.845. The predicted octanol–water partition coefficient (Wildman–Crippen LogP) is 4.39. The molecule has 2 aromatic carbocycles. The van der Waals surface area contributed by atoms with E-state index in [2.05, 4.69) is 42.3 Å². The van der Waals surface area contributed by atoms with E-state index in [0.717, 1.165) is 42.0 Å². The maximum atomic E-state index is 13.3. The number of rotatable bonds is 3. The number of anilines is 2. The molecular weight excluding hydrogens is 364 g/mol. The van der Waals surface area contributed by atoms with Gasteiger partial charge < -0.3 is 19.7 Å². The number of benzene rings is 2. The first-order valence-corrected chi connectivity index (χ1v) is 10.6. The molecule has 5 heteroatoms. The highest BCUT2D eigenvalue weighted by Crippen LogP contribution is 2.51. The van der Waals surface area contributed by atoms with Gasteiger partial charge in [0.25, 0.3) is 0 Å². The van der Waals surface area contributed by atoms with Crippen molar-refractivity contribution in [2.75, 3.05) is 17.0 Å². The molecule has 4 aliphatic rings. The Hall–Kier alpha value is -2.69. The van der Waals surface area contributed by atoms with Crippen molar-refractivity contribution in [2.24, 2.45) is 0 Å². The highest BCUT2D eigenvalue weighted by atomic mass is 16.7. The molecule has 0 aromatic heterocycles. The molecule has 5 nitrogen and oxygen atoms in total. The molecule has 29 heavy (non-hydrogen) atoms. The average Bonchev–Trinajstić information content (AvgIpc) is 3.09. The van der Waals surface area contributed by atoms with Gasteiger partial charge in [-0.05, 0) is 81.3 Å². The molecule has 1 unspecified atom stereocenters. The van der Waals surface area contributed by atoms with Crippen LogP contribution < -0.4 is 19.7 Å². The number of amides is 1. The predicted molar refractivity (Wildman–Crippen MR) is 112 cm³/mol. The number of hydrogen-bond donors (Lipinski definition) is 1. The minimum Gasteiger partial charge on any atom is -0.454 e. The molecule has 3 heterocycles. The van der Waals surface area contributed by atoms with Gasteiger partial charge in [-0.3, -0.25) is 4.79 Å². The maximum Gasteiger partial charge on any atom is 0.235 e. The molecule has 2 fully saturated rings. The molecule has 0 spiro atoms. The number of nitrogens with one attached hydrogen (secondary N) is 1. The Morgan fingerprint density at radius 3 is 2.72 bits per heavy atom. The maximum absolute atomic E-state index is 13.3. The van der Waals surface area contributed by atoms with Crippen LogP contribution in [-0.2, 0) is 16.6 Å². The fourth-order valence-corrected chi connectivity index (χ4v) is 5.49. The normalized spacial score (nSPS) is 24.2. The van der Waals surface area contributed by atoms with E-state index in [1.807, 2.05) is 18.2 Å². The highest BCUT2D eigenvalue weighted by Gasteiger charge is 2.52. The van der Waals surface area contributed by atoms with Crippen molar-refractivity contribution >= 4 is 17.3 Å². The monoisotopic (exact) mass is 390 g/mol. The van der Waals surface area contributed by atoms with Crippen LogP contribution in [-0.4, -0.2) is 24.3 Å². The Balaban J connectivity index is 1.27. The molecule has 1 amide bonds. The smallest absolute Gasteiger partial charge is 0.235 e. The van der Waals surface area contributed by atoms with Crippen LogP contribution in [0.1, 0.15) is 50.7 Å². The third-order valence-electron chi connectivity index (χ3n) is 7.27. The largest absolute Gasteiger partial charge is 0.454 e. The summed E-state index contributed by atoms with van der Waals surface area (Å²) in [6.45, 7) is 4.90. The molecule has 150 valence electrons. The molecule has 0 radical (unpaired) electrons. The number of carbonyl (C=O) groups is 1. The molecule has 1 aliphatic carbocycles. The third kappa shape index (κ3) is 2.49. The topological polar surface area (TPSA) is 50.8 Å². The fraction of sp³-hybridized carbons (Fsp3) is 0.458. The molecule has 2 aromatic rings. The number of carbonyl (C=O) groups excluding carboxylic acids is 1. The van der Waals surface area contributed by atoms with Crippen molar-refractivity contribution in [3.05, 3.63) is 47.5 Å². The Kier molecular flexibility index (Phi) is 3.37. The number of hydrogen-bond acceptors (Lipinski definition) is 4. The first-order chi connectivity index (χ1) is 14.0. The van der Waals surface area contributed by atoms with E-state index in [9.17, 15) is 4.79 Å². The summed E-state index contributed by atoms with van der Waals surface area (Å²) in [5.41, 5.74) is 4.34. The van der Waals surface area contributed by atoms with Crippen molar-refractivity contribution in [1.82, 2.24) is 0 Å². The van der Waals surface area contributed by atoms with Gasteiger partial charge in [0.2, 0.25) is 12.7 Å². The van der Waals surface area contributed by atoms with E-state index in [1.165, 1.54) is 24.1 Å². The van der Waals surface area contributed by atoms with Gasteiger partial charge in [0.1, 0.15) is 0 Å². The standard InChI is InChI=1S/C24H26N2O3/c1-23(2)8-7-18-11-15-3-5-17(13-19(15)26(18)23)25-22(27)24(9-10-24)16-4-6-20-21(12-16)29-14-28-20/h3-6,12-13,18H,7-11,14H2,1-2H3,(H,25,27). The molecular formula is C24H26N2O3. The SMILES string of the molecule is CC1(C)CCC2Cc3ccc(NC(=O)C4(c5ccc6c(c5)OCO6)CC4)cc3N21. The lowest BCUT2D eigenvalue weighted by atomic mass is 9.94. The van der Waals surface area contributed by atoms with E-state index in [1.54, 1.807) is 0 Å². The van der Waals surface area contributed by atoms with Crippen molar-refractivity contribution in [2.45, 2.75) is 62.9 Å². The minimum atomic E-state index is -0.449. The van der Waals surface area contributed by atoms with E-state index in [0.29, 0.717) is 6.04 Å². The van der Waals surface area contributed by atoms with Gasteiger partial charge in [0, 0.05) is 23.0 Å². The van der Waals surface area contributed by atoms with Gasteiger partial charge in [-0.25, -0.2) is 0 Å². The van der Waals surface area contributed by atoms with Gasteiger partial charge in [-0.15, -0.1) is 0 Å². The molecule has 1 saturated heterocycles. The zero-order valence-electron chi connectivity index (χ0n) is 17.0. The van der Waals surface area contributed by atoms with Crippen LogP contribution in [0.25, 0.3) is 0 Å². The van der Waals surface area contributed by atoms with E-state index in [-0.39, 0.29) is 18.2 Å². The van der Waals surface area contributed by atoms with Crippen LogP contribution >= 0.6 is 0 Å². The second kappa shape index (κ2) is 5.68. The van der Waals surface area contributed by atoms with Crippen LogP contribution in [0.15, 0.2) is 36.4 Å². The summed E-state index contributed by atoms with van der Waals surface area (Å²) in [4.78, 5) is 15.8. The first-order valence-electron chi connectivity index (χ1n) is 10.6. The van der Waals surface area contributed by atoms with Crippen LogP contribution in [0.5, 0.6) is 11.5 Å². The van der Waals surface area contributed by atoms with E-state index in [4.69, 9.17) is 9.47 Å². The number of nitrogens with zero attached hydrogens (tertiary/aromatic N) is 1. The van der Waals surface area contributed by atoms with Crippen LogP contribution in [0.3, 0.4) is 0 Å². The van der Waals surface area contributed by atoms with E-state index < -0.39 is 5.41 Å². The van der Waals surface area contributed by atoms with Gasteiger partial charge in [-0.2, -0.15) is 0 Å². The average molecular weight is 390 g/mol. The van der Waals surface area contributed by atoms with Crippen molar-refractivity contribution < 1.29 is 14.3 Å². The molecule has 1 saturated carbocycles. The lowest BCUT2D eigenvalue weighted by molar-refractivity contribution is -0.118. The van der Waals surface area contributed by atoms with Gasteiger partial charge in [0.15, 0.2) is 11.5 Å². The van der Waals surface area contributed by atoms with Gasteiger partial charge >= 0.3 is 0 Å². The third-order valence-corrected chi connectivity index (χ3v) is 7.27. The van der Waals surface area contributed by atoms with Crippen molar-refractivity contribution in [3.8, 4) is 11.5 Å². The summed E-state index contributed by atoms with van der Waals surface area (Å²) >= 11 is 0. The first kappa shape index (κ1) is 17.2. The Morgan fingerprint density at radius 1 is 1.07 bits per heavy atom. The summed E-state index contributed by atoms with van der Waals surface area (Å²) < 4.78 is 10.9. The Labute approximate surface area is 171 Å². The Bertz CT molecular complexity index is 1020. The molecule has 1 atom stereocenters. The van der Waals surface area contributed by atoms with E-state index >= 15 is 0 Å². The second-order valence-corrected chi connectivity index (χ2v) is 9.53. The second-order valence-electron chi connectivity index (χ2n) is 9.53. The molecule has 6 rings (SSSR count).